The van der Waals surface area contributed by atoms with Gasteiger partial charge in [-0.3, -0.25) is 9.59 Å². The Kier molecular flexibility index (Phi) is 7.05. The highest BCUT2D eigenvalue weighted by Gasteiger charge is 2.69. The van der Waals surface area contributed by atoms with Gasteiger partial charge >= 0.3 is 5.97 Å². The number of rotatable bonds is 6. The Labute approximate surface area is 217 Å². The van der Waals surface area contributed by atoms with Gasteiger partial charge in [-0.15, -0.1) is 0 Å². The summed E-state index contributed by atoms with van der Waals surface area (Å²) in [4.78, 5) is 38.9. The van der Waals surface area contributed by atoms with Gasteiger partial charge in [0.05, 0.1) is 12.5 Å². The lowest BCUT2D eigenvalue weighted by molar-refractivity contribution is -0.576. The van der Waals surface area contributed by atoms with E-state index in [4.69, 9.17) is 24.0 Å². The van der Waals surface area contributed by atoms with Crippen LogP contribution in [0.25, 0.3) is 0 Å². The molecule has 0 N–H and O–H groups in total. The lowest BCUT2D eigenvalue weighted by Crippen LogP contribution is -2.70. The highest BCUT2D eigenvalue weighted by molar-refractivity contribution is 5.81. The molecule has 1 aromatic carbocycles. The minimum Gasteiger partial charge on any atom is -0.435 e. The first-order chi connectivity index (χ1) is 17.7. The van der Waals surface area contributed by atoms with E-state index in [1.165, 1.54) is 4.90 Å². The number of hydrogen-bond donors (Lipinski definition) is 0. The van der Waals surface area contributed by atoms with Gasteiger partial charge in [-0.1, -0.05) is 44.2 Å². The highest BCUT2D eigenvalue weighted by atomic mass is 17.3. The maximum Gasteiger partial charge on any atom is 0.308 e. The van der Waals surface area contributed by atoms with Gasteiger partial charge in [0.25, 0.3) is 0 Å². The van der Waals surface area contributed by atoms with Crippen molar-refractivity contribution in [3.05, 3.63) is 35.9 Å². The van der Waals surface area contributed by atoms with E-state index in [0.29, 0.717) is 12.3 Å². The van der Waals surface area contributed by atoms with E-state index in [2.05, 4.69) is 13.0 Å². The van der Waals surface area contributed by atoms with Crippen LogP contribution >= 0.6 is 0 Å². The van der Waals surface area contributed by atoms with Crippen LogP contribution in [0.1, 0.15) is 70.9 Å². The van der Waals surface area contributed by atoms with Crippen molar-refractivity contribution in [2.45, 2.75) is 89.3 Å². The number of nitrogens with zero attached hydrogens (tertiary/aromatic N) is 2. The van der Waals surface area contributed by atoms with Crippen molar-refractivity contribution in [3.63, 3.8) is 0 Å². The number of carbonyl (C=O) groups excluding carboxylic acids is 2. The lowest BCUT2D eigenvalue weighted by Gasteiger charge is -2.59. The van der Waals surface area contributed by atoms with Crippen LogP contribution in [0.15, 0.2) is 30.3 Å². The lowest BCUT2D eigenvalue weighted by atomic mass is 9.58. The molecule has 6 rings (SSSR count). The number of ether oxygens (including phenoxy) is 3. The van der Waals surface area contributed by atoms with Crippen LogP contribution in [0.5, 0.6) is 0 Å². The van der Waals surface area contributed by atoms with Crippen molar-refractivity contribution in [1.82, 2.24) is 4.90 Å². The van der Waals surface area contributed by atoms with Gasteiger partial charge in [0.15, 0.2) is 11.9 Å². The second kappa shape index (κ2) is 9.99. The predicted octanol–water partition coefficient (Wildman–Crippen LogP) is 4.24. The van der Waals surface area contributed by atoms with Gasteiger partial charge in [-0.25, -0.2) is 9.78 Å². The molecular formula is C28H36N2O7. The average molecular weight is 513 g/mol. The molecule has 1 saturated carbocycles. The summed E-state index contributed by atoms with van der Waals surface area (Å²) >= 11 is 0. The summed E-state index contributed by atoms with van der Waals surface area (Å²) in [5.74, 6) is -1.16. The Hall–Kier alpha value is -2.51. The summed E-state index contributed by atoms with van der Waals surface area (Å²) in [5.41, 5.74) is -0.00204. The van der Waals surface area contributed by atoms with Gasteiger partial charge in [0.2, 0.25) is 18.0 Å². The minimum absolute atomic E-state index is 0.0444. The summed E-state index contributed by atoms with van der Waals surface area (Å²) in [6.45, 7) is 6.11. The van der Waals surface area contributed by atoms with Crippen LogP contribution < -0.4 is 0 Å². The fourth-order valence-electron chi connectivity index (χ4n) is 6.74. The molecule has 1 aliphatic carbocycles. The molecule has 0 radical (unpaired) electrons. The Morgan fingerprint density at radius 2 is 1.89 bits per heavy atom. The number of hydrogen-bond acceptors (Lipinski definition) is 8. The summed E-state index contributed by atoms with van der Waals surface area (Å²) in [7, 11) is 1.57. The van der Waals surface area contributed by atoms with E-state index >= 15 is 0 Å². The predicted molar refractivity (Wildman–Crippen MR) is 130 cm³/mol. The Bertz CT molecular complexity index is 1060. The molecule has 4 aliphatic heterocycles. The molecule has 5 fully saturated rings. The molecule has 9 nitrogen and oxygen atoms in total. The topological polar surface area (TPSA) is 107 Å². The third-order valence-electron chi connectivity index (χ3n) is 8.91. The average Bonchev–Trinajstić information content (AvgIpc) is 3.12. The van der Waals surface area contributed by atoms with E-state index in [-0.39, 0.29) is 36.5 Å². The molecule has 200 valence electrons. The second-order valence-corrected chi connectivity index (χ2v) is 11.2. The largest absolute Gasteiger partial charge is 0.435 e. The molecule has 9 heteroatoms. The standard InChI is InChI=1S/C28H36N2O7/c1-17-10-11-21-18(2)25(34-26-28(21)20(17)14-15-27(3,35-26)36-37-28)33-24(32)13-12-23(31)30(4)22(16-29)19-8-6-5-7-9-19/h5-9,17-18,20-22,25-26H,10-15H2,1-4H3/t17-,18-,20?,21?,22?,25-,26-,27+,28-/m1/s1. The molecule has 9 atom stereocenters. The number of esters is 1. The van der Waals surface area contributed by atoms with E-state index in [0.717, 1.165) is 24.8 Å². The van der Waals surface area contributed by atoms with Crippen molar-refractivity contribution in [1.29, 1.82) is 5.26 Å². The van der Waals surface area contributed by atoms with Crippen molar-refractivity contribution in [3.8, 4) is 6.07 Å². The molecule has 1 spiro atoms. The monoisotopic (exact) mass is 512 g/mol. The third kappa shape index (κ3) is 4.54. The second-order valence-electron chi connectivity index (χ2n) is 11.2. The summed E-state index contributed by atoms with van der Waals surface area (Å²) in [6, 6.07) is 10.5. The smallest absolute Gasteiger partial charge is 0.308 e. The first kappa shape index (κ1) is 26.1. The zero-order valence-corrected chi connectivity index (χ0v) is 21.9. The maximum absolute atomic E-state index is 12.8. The molecule has 4 heterocycles. The van der Waals surface area contributed by atoms with E-state index in [9.17, 15) is 14.9 Å². The van der Waals surface area contributed by atoms with Gasteiger partial charge in [0.1, 0.15) is 6.04 Å². The zero-order chi connectivity index (χ0) is 26.4. The molecule has 37 heavy (non-hydrogen) atoms. The minimum atomic E-state index is -0.903. The normalized spacial score (nSPS) is 39.0. The third-order valence-corrected chi connectivity index (χ3v) is 8.91. The van der Waals surface area contributed by atoms with Crippen molar-refractivity contribution in [2.24, 2.45) is 23.7 Å². The summed E-state index contributed by atoms with van der Waals surface area (Å²) in [6.07, 6.45) is 1.90. The van der Waals surface area contributed by atoms with Crippen molar-refractivity contribution >= 4 is 11.9 Å². The number of fused-ring (bicyclic) bond motifs is 2. The zero-order valence-electron chi connectivity index (χ0n) is 21.9. The molecule has 0 aromatic heterocycles. The fourth-order valence-corrected chi connectivity index (χ4v) is 6.74. The number of benzene rings is 1. The molecule has 1 amide bonds. The molecular weight excluding hydrogens is 476 g/mol. The van der Waals surface area contributed by atoms with Gasteiger partial charge in [0, 0.05) is 31.7 Å². The van der Waals surface area contributed by atoms with Crippen molar-refractivity contribution < 1.29 is 33.6 Å². The van der Waals surface area contributed by atoms with Crippen LogP contribution in [0.4, 0.5) is 0 Å². The SMILES string of the molecule is C[C@@H]1CCC2[C@@H](C)[C@H](OC(=O)CCC(=O)N(C)C(C#N)c3ccccc3)O[C@@H]3O[C@]4(C)CCC1[C@@]23OO4. The molecule has 1 aromatic rings. The molecule has 5 aliphatic rings. The van der Waals surface area contributed by atoms with Crippen LogP contribution in [-0.4, -0.2) is 47.8 Å². The Morgan fingerprint density at radius 1 is 1.14 bits per heavy atom. The van der Waals surface area contributed by atoms with Gasteiger partial charge < -0.3 is 19.1 Å². The Morgan fingerprint density at radius 3 is 2.62 bits per heavy atom. The number of nitriles is 1. The van der Waals surface area contributed by atoms with Gasteiger partial charge in [-0.2, -0.15) is 5.26 Å². The molecule has 2 bridgehead atoms. The van der Waals surface area contributed by atoms with E-state index in [1.54, 1.807) is 19.2 Å². The molecule has 3 unspecified atom stereocenters. The van der Waals surface area contributed by atoms with Gasteiger partial charge in [-0.05, 0) is 43.6 Å². The van der Waals surface area contributed by atoms with Crippen LogP contribution in [0.2, 0.25) is 0 Å². The first-order valence-corrected chi connectivity index (χ1v) is 13.3. The highest BCUT2D eigenvalue weighted by Crippen LogP contribution is 2.60. The number of carbonyl (C=O) groups is 2. The number of amides is 1. The summed E-state index contributed by atoms with van der Waals surface area (Å²) < 4.78 is 18.4. The van der Waals surface area contributed by atoms with Crippen LogP contribution in [0, 0.1) is 35.0 Å². The quantitative estimate of drug-likeness (QED) is 0.411. The fraction of sp³-hybridized carbons (Fsp3) is 0.679. The Balaban J connectivity index is 1.23. The first-order valence-electron chi connectivity index (χ1n) is 13.3. The van der Waals surface area contributed by atoms with Crippen molar-refractivity contribution in [2.75, 3.05) is 7.05 Å². The summed E-state index contributed by atoms with van der Waals surface area (Å²) in [5, 5.41) is 9.60. The maximum atomic E-state index is 12.8. The van der Waals surface area contributed by atoms with Crippen LogP contribution in [-0.2, 0) is 33.6 Å². The van der Waals surface area contributed by atoms with E-state index < -0.39 is 36.0 Å². The van der Waals surface area contributed by atoms with E-state index in [1.807, 2.05) is 32.0 Å². The molecule has 4 saturated heterocycles. The van der Waals surface area contributed by atoms with Crippen LogP contribution in [0.3, 0.4) is 0 Å².